The van der Waals surface area contributed by atoms with Crippen LogP contribution in [-0.2, 0) is 4.74 Å². The van der Waals surface area contributed by atoms with Gasteiger partial charge in [0, 0.05) is 24.7 Å². The van der Waals surface area contributed by atoms with Gasteiger partial charge in [-0.3, -0.25) is 4.79 Å². The van der Waals surface area contributed by atoms with E-state index >= 15 is 0 Å². The number of aryl methyl sites for hydroxylation is 1. The molecule has 1 atom stereocenters. The van der Waals surface area contributed by atoms with E-state index < -0.39 is 0 Å². The van der Waals surface area contributed by atoms with E-state index in [4.69, 9.17) is 10.5 Å². The third-order valence-electron chi connectivity index (χ3n) is 3.56. The predicted molar refractivity (Wildman–Crippen MR) is 80.1 cm³/mol. The molecule has 3 heterocycles. The van der Waals surface area contributed by atoms with Crippen LogP contribution in [0.1, 0.15) is 28.1 Å². The Hall–Kier alpha value is -1.66. The summed E-state index contributed by atoms with van der Waals surface area (Å²) in [6, 6.07) is 1.90. The number of rotatable bonds is 3. The van der Waals surface area contributed by atoms with Crippen molar-refractivity contribution >= 4 is 33.1 Å². The van der Waals surface area contributed by atoms with Crippen LogP contribution in [0, 0.1) is 6.92 Å². The zero-order chi connectivity index (χ0) is 14.1. The highest BCUT2D eigenvalue weighted by Crippen LogP contribution is 2.34. The van der Waals surface area contributed by atoms with Crippen molar-refractivity contribution in [3.63, 3.8) is 0 Å². The molecule has 1 aliphatic rings. The molecule has 20 heavy (non-hydrogen) atoms. The van der Waals surface area contributed by atoms with Crippen LogP contribution in [0.25, 0.3) is 10.2 Å². The van der Waals surface area contributed by atoms with Gasteiger partial charge in [-0.1, -0.05) is 0 Å². The molecule has 0 radical (unpaired) electrons. The zero-order valence-corrected chi connectivity index (χ0v) is 12.1. The van der Waals surface area contributed by atoms with Gasteiger partial charge in [-0.15, -0.1) is 11.3 Å². The Morgan fingerprint density at radius 1 is 1.65 bits per heavy atom. The fraction of sp³-hybridized carbons (Fsp3) is 0.429. The van der Waals surface area contributed by atoms with Crippen LogP contribution in [0.4, 0.5) is 5.69 Å². The smallest absolute Gasteiger partial charge is 0.263 e. The van der Waals surface area contributed by atoms with Gasteiger partial charge in [-0.05, 0) is 31.4 Å². The predicted octanol–water partition coefficient (Wildman–Crippen LogP) is 2.10. The first kappa shape index (κ1) is 13.3. The van der Waals surface area contributed by atoms with E-state index in [0.717, 1.165) is 35.2 Å². The van der Waals surface area contributed by atoms with Crippen LogP contribution in [0.3, 0.4) is 0 Å². The lowest BCUT2D eigenvalue weighted by Crippen LogP contribution is -2.31. The summed E-state index contributed by atoms with van der Waals surface area (Å²) < 4.78 is 5.49. The summed E-state index contributed by atoms with van der Waals surface area (Å²) in [5, 5.41) is 3.79. The summed E-state index contributed by atoms with van der Waals surface area (Å²) in [5.41, 5.74) is 7.67. The summed E-state index contributed by atoms with van der Waals surface area (Å²) in [5.74, 6) is -0.139. The minimum atomic E-state index is -0.139. The summed E-state index contributed by atoms with van der Waals surface area (Å²) in [4.78, 5) is 17.9. The van der Waals surface area contributed by atoms with E-state index in [-0.39, 0.29) is 12.0 Å². The lowest BCUT2D eigenvalue weighted by atomic mass is 10.1. The molecule has 0 aromatic carbocycles. The number of thiophene rings is 1. The van der Waals surface area contributed by atoms with Gasteiger partial charge in [0.15, 0.2) is 0 Å². The average molecular weight is 291 g/mol. The van der Waals surface area contributed by atoms with Crippen molar-refractivity contribution in [2.75, 3.05) is 18.9 Å². The molecule has 0 aliphatic carbocycles. The molecule has 3 N–H and O–H groups in total. The average Bonchev–Trinajstić information content (AvgIpc) is 3.05. The number of aromatic nitrogens is 1. The van der Waals surface area contributed by atoms with Gasteiger partial charge >= 0.3 is 0 Å². The highest BCUT2D eigenvalue weighted by atomic mass is 32.1. The number of ether oxygens (including phenoxy) is 1. The maximum absolute atomic E-state index is 12.2. The summed E-state index contributed by atoms with van der Waals surface area (Å²) >= 11 is 1.34. The Morgan fingerprint density at radius 3 is 3.20 bits per heavy atom. The number of hydrogen-bond donors (Lipinski definition) is 2. The quantitative estimate of drug-likeness (QED) is 0.908. The molecule has 1 unspecified atom stereocenters. The van der Waals surface area contributed by atoms with E-state index in [1.807, 2.05) is 13.0 Å². The number of fused-ring (bicyclic) bond motifs is 1. The minimum Gasteiger partial charge on any atom is -0.397 e. The van der Waals surface area contributed by atoms with Crippen LogP contribution in [0.5, 0.6) is 0 Å². The van der Waals surface area contributed by atoms with Crippen molar-refractivity contribution in [3.8, 4) is 0 Å². The van der Waals surface area contributed by atoms with Gasteiger partial charge in [0.05, 0.1) is 11.8 Å². The fourth-order valence-corrected chi connectivity index (χ4v) is 3.52. The van der Waals surface area contributed by atoms with E-state index in [0.29, 0.717) is 17.1 Å². The molecule has 106 valence electrons. The summed E-state index contributed by atoms with van der Waals surface area (Å²) in [7, 11) is 0. The molecule has 0 saturated carbocycles. The van der Waals surface area contributed by atoms with Crippen molar-refractivity contribution in [3.05, 3.63) is 22.7 Å². The second-order valence-corrected chi connectivity index (χ2v) is 6.00. The first-order valence-corrected chi connectivity index (χ1v) is 7.52. The van der Waals surface area contributed by atoms with Crippen LogP contribution in [0.2, 0.25) is 0 Å². The zero-order valence-electron chi connectivity index (χ0n) is 11.3. The van der Waals surface area contributed by atoms with Gasteiger partial charge in [0.1, 0.15) is 9.71 Å². The Bertz CT molecular complexity index is 647. The molecule has 1 aliphatic heterocycles. The molecule has 1 saturated heterocycles. The van der Waals surface area contributed by atoms with Crippen molar-refractivity contribution in [1.29, 1.82) is 0 Å². The number of carbonyl (C=O) groups is 1. The number of anilines is 1. The summed E-state index contributed by atoms with van der Waals surface area (Å²) in [6.45, 7) is 3.30. The molecule has 1 amide bonds. The van der Waals surface area contributed by atoms with E-state index in [9.17, 15) is 4.79 Å². The van der Waals surface area contributed by atoms with E-state index in [1.165, 1.54) is 11.3 Å². The second-order valence-electron chi connectivity index (χ2n) is 5.00. The van der Waals surface area contributed by atoms with E-state index in [1.54, 1.807) is 6.20 Å². The molecule has 2 aromatic heterocycles. The highest BCUT2D eigenvalue weighted by Gasteiger charge is 2.20. The number of amides is 1. The molecule has 1 fully saturated rings. The lowest BCUT2D eigenvalue weighted by molar-refractivity contribution is 0.0862. The molecule has 6 heteroatoms. The van der Waals surface area contributed by atoms with Crippen molar-refractivity contribution in [2.24, 2.45) is 0 Å². The number of nitrogen functional groups attached to an aromatic ring is 1. The molecule has 2 aromatic rings. The molecular formula is C14H17N3O2S. The van der Waals surface area contributed by atoms with Gasteiger partial charge in [0.25, 0.3) is 5.91 Å². The van der Waals surface area contributed by atoms with Crippen molar-refractivity contribution in [2.45, 2.75) is 25.9 Å². The van der Waals surface area contributed by atoms with Crippen LogP contribution in [0.15, 0.2) is 12.3 Å². The number of hydrogen-bond acceptors (Lipinski definition) is 5. The normalized spacial score (nSPS) is 18.6. The lowest BCUT2D eigenvalue weighted by Gasteiger charge is -2.10. The second kappa shape index (κ2) is 5.38. The number of nitrogens with two attached hydrogens (primary N) is 1. The Morgan fingerprint density at radius 2 is 2.50 bits per heavy atom. The molecule has 0 spiro atoms. The Labute approximate surface area is 121 Å². The monoisotopic (exact) mass is 291 g/mol. The maximum atomic E-state index is 12.2. The van der Waals surface area contributed by atoms with Gasteiger partial charge in [0.2, 0.25) is 0 Å². The van der Waals surface area contributed by atoms with Gasteiger partial charge in [-0.25, -0.2) is 4.98 Å². The number of pyridine rings is 1. The van der Waals surface area contributed by atoms with E-state index in [2.05, 4.69) is 10.3 Å². The molecule has 5 nitrogen and oxygen atoms in total. The standard InChI is InChI=1S/C14H17N3O2S/c1-8-4-5-16-14-10(8)11(15)12(20-14)13(18)17-7-9-3-2-6-19-9/h4-5,9H,2-3,6-7,15H2,1H3,(H,17,18). The molecule has 0 bridgehead atoms. The number of carbonyl (C=O) groups excluding carboxylic acids is 1. The SMILES string of the molecule is Cc1ccnc2sc(C(=O)NCC3CCCO3)c(N)c12. The largest absolute Gasteiger partial charge is 0.397 e. The molecule has 3 rings (SSSR count). The third-order valence-corrected chi connectivity index (χ3v) is 4.67. The first-order valence-electron chi connectivity index (χ1n) is 6.70. The van der Waals surface area contributed by atoms with Crippen molar-refractivity contribution < 1.29 is 9.53 Å². The number of nitrogens with zero attached hydrogens (tertiary/aromatic N) is 1. The van der Waals surface area contributed by atoms with Crippen LogP contribution >= 0.6 is 11.3 Å². The highest BCUT2D eigenvalue weighted by molar-refractivity contribution is 7.21. The maximum Gasteiger partial charge on any atom is 0.263 e. The van der Waals surface area contributed by atoms with Crippen molar-refractivity contribution in [1.82, 2.24) is 10.3 Å². The molecular weight excluding hydrogens is 274 g/mol. The Balaban J connectivity index is 1.80. The topological polar surface area (TPSA) is 77.2 Å². The number of nitrogens with one attached hydrogen (secondary N) is 1. The van der Waals surface area contributed by atoms with Gasteiger partial charge in [-0.2, -0.15) is 0 Å². The first-order chi connectivity index (χ1) is 9.66. The van der Waals surface area contributed by atoms with Gasteiger partial charge < -0.3 is 15.8 Å². The van der Waals surface area contributed by atoms with Crippen LogP contribution < -0.4 is 11.1 Å². The third kappa shape index (κ3) is 2.36. The minimum absolute atomic E-state index is 0.134. The summed E-state index contributed by atoms with van der Waals surface area (Å²) in [6.07, 6.45) is 3.94. The van der Waals surface area contributed by atoms with Crippen LogP contribution in [-0.4, -0.2) is 30.1 Å². The Kier molecular flexibility index (Phi) is 3.58. The fourth-order valence-electron chi connectivity index (χ4n) is 2.46.